The Morgan fingerprint density at radius 2 is 1.67 bits per heavy atom. The molecule has 1 amide bonds. The first-order valence-corrected chi connectivity index (χ1v) is 12.7. The lowest BCUT2D eigenvalue weighted by molar-refractivity contribution is -0.122. The number of aryl methyl sites for hydroxylation is 1. The van der Waals surface area contributed by atoms with Crippen molar-refractivity contribution in [3.63, 3.8) is 0 Å². The van der Waals surface area contributed by atoms with Crippen molar-refractivity contribution in [2.75, 3.05) is 51.3 Å². The quantitative estimate of drug-likeness (QED) is 0.512. The van der Waals surface area contributed by atoms with E-state index in [0.717, 1.165) is 50.5 Å². The van der Waals surface area contributed by atoms with E-state index in [1.54, 1.807) is 26.2 Å². The minimum atomic E-state index is -3.73. The second-order valence-corrected chi connectivity index (χ2v) is 10.0. The molecule has 1 heterocycles. The molecular formula is C24H34N4O4S. The highest BCUT2D eigenvalue weighted by molar-refractivity contribution is 7.89. The minimum Gasteiger partial charge on any atom is -0.497 e. The van der Waals surface area contributed by atoms with Gasteiger partial charge in [-0.15, -0.1) is 0 Å². The third-order valence-electron chi connectivity index (χ3n) is 5.82. The van der Waals surface area contributed by atoms with Crippen LogP contribution in [0.1, 0.15) is 18.9 Å². The van der Waals surface area contributed by atoms with Crippen LogP contribution in [0.4, 0.5) is 5.69 Å². The second-order valence-electron chi connectivity index (χ2n) is 8.33. The number of hydrogen-bond acceptors (Lipinski definition) is 6. The average molecular weight is 475 g/mol. The molecule has 8 nitrogen and oxygen atoms in total. The molecule has 1 aliphatic heterocycles. The topological polar surface area (TPSA) is 91.0 Å². The molecule has 2 aromatic carbocycles. The van der Waals surface area contributed by atoms with Gasteiger partial charge in [-0.05, 0) is 63.2 Å². The molecule has 0 aliphatic carbocycles. The first-order valence-electron chi connectivity index (χ1n) is 11.3. The number of hydrogen-bond donors (Lipinski definition) is 2. The summed E-state index contributed by atoms with van der Waals surface area (Å²) in [5.41, 5.74) is 2.17. The van der Waals surface area contributed by atoms with Gasteiger partial charge in [-0.2, -0.15) is 4.72 Å². The predicted octanol–water partition coefficient (Wildman–Crippen LogP) is 2.00. The molecule has 1 fully saturated rings. The molecule has 0 saturated carbocycles. The van der Waals surface area contributed by atoms with E-state index < -0.39 is 16.1 Å². The van der Waals surface area contributed by atoms with Gasteiger partial charge in [0.1, 0.15) is 5.75 Å². The molecule has 2 N–H and O–H groups in total. The molecule has 0 radical (unpaired) electrons. The van der Waals surface area contributed by atoms with Crippen molar-refractivity contribution in [3.8, 4) is 5.75 Å². The Morgan fingerprint density at radius 1 is 1.03 bits per heavy atom. The van der Waals surface area contributed by atoms with E-state index in [2.05, 4.69) is 32.0 Å². The van der Waals surface area contributed by atoms with Gasteiger partial charge in [0.25, 0.3) is 0 Å². The molecule has 180 valence electrons. The van der Waals surface area contributed by atoms with Crippen LogP contribution in [-0.4, -0.2) is 71.6 Å². The zero-order valence-corrected chi connectivity index (χ0v) is 20.4. The van der Waals surface area contributed by atoms with Gasteiger partial charge in [0, 0.05) is 38.4 Å². The first kappa shape index (κ1) is 25.0. The number of amides is 1. The van der Waals surface area contributed by atoms with Crippen LogP contribution in [0.25, 0.3) is 0 Å². The van der Waals surface area contributed by atoms with E-state index in [0.29, 0.717) is 6.54 Å². The summed E-state index contributed by atoms with van der Waals surface area (Å²) in [6, 6.07) is 13.8. The summed E-state index contributed by atoms with van der Waals surface area (Å²) in [7, 11) is -2.06. The maximum absolute atomic E-state index is 12.4. The van der Waals surface area contributed by atoms with Crippen LogP contribution in [0.2, 0.25) is 0 Å². The van der Waals surface area contributed by atoms with E-state index in [1.807, 2.05) is 19.1 Å². The van der Waals surface area contributed by atoms with Gasteiger partial charge in [0.2, 0.25) is 15.9 Å². The molecular weight excluding hydrogens is 440 g/mol. The molecule has 1 aliphatic rings. The fraction of sp³-hybridized carbons (Fsp3) is 0.458. The van der Waals surface area contributed by atoms with Crippen molar-refractivity contribution in [2.24, 2.45) is 0 Å². The lowest BCUT2D eigenvalue weighted by atomic mass is 10.2. The Hall–Kier alpha value is -2.62. The number of sulfonamides is 1. The average Bonchev–Trinajstić information content (AvgIpc) is 2.82. The van der Waals surface area contributed by atoms with Gasteiger partial charge in [-0.3, -0.25) is 9.69 Å². The normalized spacial score (nSPS) is 15.8. The van der Waals surface area contributed by atoms with Crippen LogP contribution >= 0.6 is 0 Å². The summed E-state index contributed by atoms with van der Waals surface area (Å²) < 4.78 is 32.6. The summed E-state index contributed by atoms with van der Waals surface area (Å²) in [4.78, 5) is 17.2. The summed E-state index contributed by atoms with van der Waals surface area (Å²) in [5.74, 6) is 0.534. The lowest BCUT2D eigenvalue weighted by Gasteiger charge is -2.36. The maximum Gasteiger partial charge on any atom is 0.241 e. The fourth-order valence-electron chi connectivity index (χ4n) is 3.76. The van der Waals surface area contributed by atoms with Crippen molar-refractivity contribution in [1.29, 1.82) is 0 Å². The van der Waals surface area contributed by atoms with Crippen LogP contribution < -0.4 is 19.7 Å². The van der Waals surface area contributed by atoms with Crippen molar-refractivity contribution in [1.82, 2.24) is 14.9 Å². The van der Waals surface area contributed by atoms with E-state index in [9.17, 15) is 13.2 Å². The van der Waals surface area contributed by atoms with Crippen molar-refractivity contribution >= 4 is 21.6 Å². The fourth-order valence-corrected chi connectivity index (χ4v) is 4.96. The zero-order chi connectivity index (χ0) is 23.8. The van der Waals surface area contributed by atoms with Gasteiger partial charge in [0.05, 0.1) is 18.0 Å². The number of rotatable bonds is 10. The number of carbonyl (C=O) groups is 1. The summed E-state index contributed by atoms with van der Waals surface area (Å²) in [6.07, 6.45) is 0.811. The Balaban J connectivity index is 1.35. The van der Waals surface area contributed by atoms with Gasteiger partial charge < -0.3 is 15.0 Å². The lowest BCUT2D eigenvalue weighted by Crippen LogP contribution is -2.47. The number of anilines is 1. The Morgan fingerprint density at radius 3 is 2.27 bits per heavy atom. The van der Waals surface area contributed by atoms with Crippen molar-refractivity contribution in [2.45, 2.75) is 31.2 Å². The van der Waals surface area contributed by atoms with Gasteiger partial charge in [-0.1, -0.05) is 17.7 Å². The maximum atomic E-state index is 12.4. The molecule has 2 aromatic rings. The number of methoxy groups -OCH3 is 1. The third kappa shape index (κ3) is 7.18. The highest BCUT2D eigenvalue weighted by Crippen LogP contribution is 2.20. The highest BCUT2D eigenvalue weighted by Gasteiger charge is 2.22. The molecule has 0 aromatic heterocycles. The summed E-state index contributed by atoms with van der Waals surface area (Å²) in [6.45, 7) is 8.68. The van der Waals surface area contributed by atoms with E-state index in [4.69, 9.17) is 4.74 Å². The summed E-state index contributed by atoms with van der Waals surface area (Å²) >= 11 is 0. The number of nitrogens with one attached hydrogen (secondary N) is 2. The van der Waals surface area contributed by atoms with Gasteiger partial charge in [0.15, 0.2) is 0 Å². The van der Waals surface area contributed by atoms with Crippen LogP contribution in [0, 0.1) is 6.92 Å². The molecule has 1 saturated heterocycles. The van der Waals surface area contributed by atoms with Crippen LogP contribution in [-0.2, 0) is 14.8 Å². The predicted molar refractivity (Wildman–Crippen MR) is 130 cm³/mol. The smallest absolute Gasteiger partial charge is 0.241 e. The highest BCUT2D eigenvalue weighted by atomic mass is 32.2. The van der Waals surface area contributed by atoms with Gasteiger partial charge >= 0.3 is 0 Å². The molecule has 0 bridgehead atoms. The van der Waals surface area contributed by atoms with E-state index in [-0.39, 0.29) is 10.8 Å². The number of piperazine rings is 1. The van der Waals surface area contributed by atoms with Crippen molar-refractivity contribution < 1.29 is 17.9 Å². The summed E-state index contributed by atoms with van der Waals surface area (Å²) in [5, 5.41) is 2.84. The van der Waals surface area contributed by atoms with Crippen LogP contribution in [0.3, 0.4) is 0 Å². The van der Waals surface area contributed by atoms with E-state index in [1.165, 1.54) is 17.8 Å². The van der Waals surface area contributed by atoms with Crippen LogP contribution in [0.15, 0.2) is 53.4 Å². The molecule has 33 heavy (non-hydrogen) atoms. The largest absolute Gasteiger partial charge is 0.497 e. The standard InChI is InChI=1S/C24H34N4O4S/c1-19-5-11-23(12-6-19)33(30,31)26-20(2)24(29)25-13-4-14-27-15-17-28(18-16-27)21-7-9-22(32-3)10-8-21/h5-12,20,26H,4,13-18H2,1-3H3,(H,25,29)/t20-/m0/s1. The monoisotopic (exact) mass is 474 g/mol. The number of carbonyl (C=O) groups excluding carboxylic acids is 1. The molecule has 0 spiro atoms. The molecule has 3 rings (SSSR count). The number of ether oxygens (including phenoxy) is 1. The minimum absolute atomic E-state index is 0.154. The van der Waals surface area contributed by atoms with Crippen molar-refractivity contribution in [3.05, 3.63) is 54.1 Å². The van der Waals surface area contributed by atoms with Crippen LogP contribution in [0.5, 0.6) is 5.75 Å². The number of nitrogens with zero attached hydrogens (tertiary/aromatic N) is 2. The Bertz CT molecular complexity index is 1000. The number of benzene rings is 2. The second kappa shape index (κ2) is 11.5. The zero-order valence-electron chi connectivity index (χ0n) is 19.6. The SMILES string of the molecule is COc1ccc(N2CCN(CCCNC(=O)[C@H](C)NS(=O)(=O)c3ccc(C)cc3)CC2)cc1. The Labute approximate surface area is 197 Å². The molecule has 1 atom stereocenters. The first-order chi connectivity index (χ1) is 15.8. The Kier molecular flexibility index (Phi) is 8.71. The van der Waals surface area contributed by atoms with Gasteiger partial charge in [-0.25, -0.2) is 8.42 Å². The molecule has 9 heteroatoms. The third-order valence-corrected chi connectivity index (χ3v) is 7.37. The van der Waals surface area contributed by atoms with E-state index >= 15 is 0 Å². The molecule has 0 unspecified atom stereocenters.